The Bertz CT molecular complexity index is 451. The lowest BCUT2D eigenvalue weighted by atomic mass is 10.1. The predicted octanol–water partition coefficient (Wildman–Crippen LogP) is 2.39. The lowest BCUT2D eigenvalue weighted by molar-refractivity contribution is -0.129. The summed E-state index contributed by atoms with van der Waals surface area (Å²) in [6, 6.07) is 3.77. The van der Waals surface area contributed by atoms with Crippen LogP contribution in [0.2, 0.25) is 0 Å². The van der Waals surface area contributed by atoms with Gasteiger partial charge in [0.2, 0.25) is 0 Å². The molecule has 1 aromatic rings. The number of nitrogen functional groups attached to an aromatic ring is 1. The van der Waals surface area contributed by atoms with Crippen LogP contribution < -0.4 is 11.1 Å². The summed E-state index contributed by atoms with van der Waals surface area (Å²) in [6.45, 7) is 4.55. The minimum atomic E-state index is -0.320. The number of nitrogens with one attached hydrogen (secondary N) is 1. The zero-order chi connectivity index (χ0) is 13.1. The highest BCUT2D eigenvalue weighted by Gasteiger charge is 2.22. The molecule has 2 rings (SSSR count). The Morgan fingerprint density at radius 1 is 1.39 bits per heavy atom. The summed E-state index contributed by atoms with van der Waals surface area (Å²) < 4.78 is 5.48. The van der Waals surface area contributed by atoms with Gasteiger partial charge in [0, 0.05) is 18.0 Å². The van der Waals surface area contributed by atoms with E-state index in [9.17, 15) is 4.79 Å². The van der Waals surface area contributed by atoms with E-state index >= 15 is 0 Å². The molecule has 1 atom stereocenters. The van der Waals surface area contributed by atoms with Crippen molar-refractivity contribution in [3.05, 3.63) is 23.3 Å². The molecule has 4 heteroatoms. The van der Waals surface area contributed by atoms with Gasteiger partial charge in [-0.2, -0.15) is 0 Å². The van der Waals surface area contributed by atoms with Crippen molar-refractivity contribution in [3.8, 4) is 0 Å². The van der Waals surface area contributed by atoms with Gasteiger partial charge in [0.25, 0.3) is 5.91 Å². The van der Waals surface area contributed by atoms with Crippen LogP contribution >= 0.6 is 0 Å². The summed E-state index contributed by atoms with van der Waals surface area (Å²) >= 11 is 0. The number of ether oxygens (including phenoxy) is 1. The minimum Gasteiger partial charge on any atom is -0.398 e. The molecular weight excluding hydrogens is 228 g/mol. The molecule has 98 valence electrons. The Balaban J connectivity index is 2.13. The van der Waals surface area contributed by atoms with Crippen molar-refractivity contribution >= 4 is 17.3 Å². The lowest BCUT2D eigenvalue weighted by Crippen LogP contribution is -2.33. The first-order valence-corrected chi connectivity index (χ1v) is 6.37. The van der Waals surface area contributed by atoms with Gasteiger partial charge in [-0.25, -0.2) is 0 Å². The molecule has 0 bridgehead atoms. The van der Waals surface area contributed by atoms with E-state index in [0.29, 0.717) is 12.3 Å². The Morgan fingerprint density at radius 3 is 2.83 bits per heavy atom. The van der Waals surface area contributed by atoms with Crippen LogP contribution in [-0.4, -0.2) is 18.6 Å². The molecule has 4 nitrogen and oxygen atoms in total. The maximum Gasteiger partial charge on any atom is 0.253 e. The van der Waals surface area contributed by atoms with E-state index in [1.54, 1.807) is 0 Å². The molecular formula is C14H20N2O2. The number of aryl methyl sites for hydroxylation is 1. The molecule has 0 saturated carbocycles. The Hall–Kier alpha value is -1.55. The topological polar surface area (TPSA) is 64.3 Å². The van der Waals surface area contributed by atoms with Gasteiger partial charge in [0.1, 0.15) is 6.10 Å². The third kappa shape index (κ3) is 2.64. The normalized spacial score (nSPS) is 19.6. The van der Waals surface area contributed by atoms with E-state index in [4.69, 9.17) is 10.5 Å². The standard InChI is InChI=1S/C14H20N2O2/c1-9-6-7-11(15)10(2)13(9)16-14(17)12-5-3-4-8-18-12/h6-7,12H,3-5,8,15H2,1-2H3,(H,16,17). The highest BCUT2D eigenvalue weighted by Crippen LogP contribution is 2.26. The Kier molecular flexibility index (Phi) is 3.87. The number of benzene rings is 1. The molecule has 1 aliphatic rings. The molecule has 0 radical (unpaired) electrons. The number of carbonyl (C=O) groups excluding carboxylic acids is 1. The molecule has 1 saturated heterocycles. The van der Waals surface area contributed by atoms with Crippen LogP contribution in [0.15, 0.2) is 12.1 Å². The summed E-state index contributed by atoms with van der Waals surface area (Å²) in [5.74, 6) is -0.0634. The first-order valence-electron chi connectivity index (χ1n) is 6.37. The molecule has 0 aliphatic carbocycles. The number of hydrogen-bond acceptors (Lipinski definition) is 3. The quantitative estimate of drug-likeness (QED) is 0.790. The molecule has 1 aliphatic heterocycles. The highest BCUT2D eigenvalue weighted by molar-refractivity contribution is 5.96. The smallest absolute Gasteiger partial charge is 0.253 e. The first-order chi connectivity index (χ1) is 8.59. The van der Waals surface area contributed by atoms with Crippen molar-refractivity contribution in [3.63, 3.8) is 0 Å². The zero-order valence-electron chi connectivity index (χ0n) is 11.0. The molecule has 1 heterocycles. The second-order valence-corrected chi connectivity index (χ2v) is 4.82. The van der Waals surface area contributed by atoms with Gasteiger partial charge in [0.15, 0.2) is 0 Å². The zero-order valence-corrected chi connectivity index (χ0v) is 11.0. The van der Waals surface area contributed by atoms with Crippen LogP contribution in [-0.2, 0) is 9.53 Å². The third-order valence-electron chi connectivity index (χ3n) is 3.44. The predicted molar refractivity (Wildman–Crippen MR) is 72.5 cm³/mol. The number of rotatable bonds is 2. The van der Waals surface area contributed by atoms with Gasteiger partial charge in [-0.1, -0.05) is 6.07 Å². The van der Waals surface area contributed by atoms with Gasteiger partial charge < -0.3 is 15.8 Å². The van der Waals surface area contributed by atoms with Gasteiger partial charge >= 0.3 is 0 Å². The number of anilines is 2. The fraction of sp³-hybridized carbons (Fsp3) is 0.500. The number of carbonyl (C=O) groups is 1. The number of hydrogen-bond donors (Lipinski definition) is 2. The van der Waals surface area contributed by atoms with Crippen LogP contribution in [0, 0.1) is 13.8 Å². The van der Waals surface area contributed by atoms with E-state index in [-0.39, 0.29) is 12.0 Å². The van der Waals surface area contributed by atoms with E-state index in [1.807, 2.05) is 26.0 Å². The highest BCUT2D eigenvalue weighted by atomic mass is 16.5. The van der Waals surface area contributed by atoms with Crippen molar-refractivity contribution in [1.82, 2.24) is 0 Å². The van der Waals surface area contributed by atoms with Crippen LogP contribution in [0.4, 0.5) is 11.4 Å². The average molecular weight is 248 g/mol. The van der Waals surface area contributed by atoms with E-state index in [1.165, 1.54) is 0 Å². The van der Waals surface area contributed by atoms with Crippen molar-refractivity contribution in [2.75, 3.05) is 17.7 Å². The summed E-state index contributed by atoms with van der Waals surface area (Å²) in [5.41, 5.74) is 9.31. The van der Waals surface area contributed by atoms with Gasteiger partial charge in [-0.3, -0.25) is 4.79 Å². The van der Waals surface area contributed by atoms with Gasteiger partial charge in [-0.15, -0.1) is 0 Å². The van der Waals surface area contributed by atoms with Crippen molar-refractivity contribution in [2.24, 2.45) is 0 Å². The summed E-state index contributed by atoms with van der Waals surface area (Å²) in [7, 11) is 0. The lowest BCUT2D eigenvalue weighted by Gasteiger charge is -2.23. The molecule has 18 heavy (non-hydrogen) atoms. The molecule has 1 fully saturated rings. The summed E-state index contributed by atoms with van der Waals surface area (Å²) in [5, 5.41) is 2.95. The van der Waals surface area contributed by atoms with E-state index in [2.05, 4.69) is 5.32 Å². The molecule has 1 aromatic carbocycles. The summed E-state index contributed by atoms with van der Waals surface area (Å²) in [6.07, 6.45) is 2.57. The van der Waals surface area contributed by atoms with Crippen molar-refractivity contribution in [2.45, 2.75) is 39.2 Å². The monoisotopic (exact) mass is 248 g/mol. The molecule has 1 unspecified atom stereocenters. The second-order valence-electron chi connectivity index (χ2n) is 4.82. The first kappa shape index (κ1) is 12.9. The molecule has 0 spiro atoms. The Morgan fingerprint density at radius 2 is 2.17 bits per heavy atom. The van der Waals surface area contributed by atoms with Crippen LogP contribution in [0.25, 0.3) is 0 Å². The maximum atomic E-state index is 12.1. The maximum absolute atomic E-state index is 12.1. The Labute approximate surface area is 108 Å². The average Bonchev–Trinajstić information content (AvgIpc) is 2.40. The van der Waals surface area contributed by atoms with Crippen molar-refractivity contribution < 1.29 is 9.53 Å². The van der Waals surface area contributed by atoms with Gasteiger partial charge in [0.05, 0.1) is 0 Å². The third-order valence-corrected chi connectivity index (χ3v) is 3.44. The second kappa shape index (κ2) is 5.40. The van der Waals surface area contributed by atoms with Crippen LogP contribution in [0.1, 0.15) is 30.4 Å². The summed E-state index contributed by atoms with van der Waals surface area (Å²) in [4.78, 5) is 12.1. The molecule has 0 aromatic heterocycles. The van der Waals surface area contributed by atoms with E-state index < -0.39 is 0 Å². The molecule has 1 amide bonds. The fourth-order valence-electron chi connectivity index (χ4n) is 2.21. The van der Waals surface area contributed by atoms with Crippen LogP contribution in [0.3, 0.4) is 0 Å². The number of nitrogens with two attached hydrogens (primary N) is 1. The number of amides is 1. The van der Waals surface area contributed by atoms with Crippen LogP contribution in [0.5, 0.6) is 0 Å². The minimum absolute atomic E-state index is 0.0634. The van der Waals surface area contributed by atoms with E-state index in [0.717, 1.165) is 36.1 Å². The largest absolute Gasteiger partial charge is 0.398 e. The molecule has 3 N–H and O–H groups in total. The SMILES string of the molecule is Cc1ccc(N)c(C)c1NC(=O)C1CCCCO1. The van der Waals surface area contributed by atoms with Gasteiger partial charge in [-0.05, 0) is 50.3 Å². The fourth-order valence-corrected chi connectivity index (χ4v) is 2.21. The van der Waals surface area contributed by atoms with Crippen molar-refractivity contribution in [1.29, 1.82) is 0 Å².